The van der Waals surface area contributed by atoms with Gasteiger partial charge >= 0.3 is 6.36 Å². The molecule has 0 spiro atoms. The van der Waals surface area contributed by atoms with E-state index in [1.54, 1.807) is 29.5 Å². The standard InChI is InChI=1S/C9H6F3IN2O/c1-5-4-7(16-9(10,11)12)15-8(13)6(5)2-3-14/h4H,2H2,1H3. The second-order valence-electron chi connectivity index (χ2n) is 2.93. The topological polar surface area (TPSA) is 45.9 Å². The van der Waals surface area contributed by atoms with Crippen molar-refractivity contribution >= 4 is 22.6 Å². The van der Waals surface area contributed by atoms with Crippen molar-refractivity contribution in [3.63, 3.8) is 0 Å². The van der Waals surface area contributed by atoms with Gasteiger partial charge < -0.3 is 4.74 Å². The third kappa shape index (κ3) is 3.52. The van der Waals surface area contributed by atoms with E-state index in [9.17, 15) is 13.2 Å². The minimum absolute atomic E-state index is 0.114. The summed E-state index contributed by atoms with van der Waals surface area (Å²) in [7, 11) is 0. The van der Waals surface area contributed by atoms with Crippen LogP contribution >= 0.6 is 22.6 Å². The van der Waals surface area contributed by atoms with E-state index in [2.05, 4.69) is 9.72 Å². The lowest BCUT2D eigenvalue weighted by atomic mass is 10.1. The van der Waals surface area contributed by atoms with Crippen molar-refractivity contribution in [2.75, 3.05) is 0 Å². The van der Waals surface area contributed by atoms with E-state index in [4.69, 9.17) is 5.26 Å². The average Bonchev–Trinajstić information content (AvgIpc) is 2.08. The van der Waals surface area contributed by atoms with Crippen molar-refractivity contribution in [3.05, 3.63) is 20.9 Å². The number of nitriles is 1. The fourth-order valence-electron chi connectivity index (χ4n) is 1.09. The summed E-state index contributed by atoms with van der Waals surface area (Å²) in [5.41, 5.74) is 1.18. The number of aryl methyl sites for hydroxylation is 1. The van der Waals surface area contributed by atoms with Gasteiger partial charge in [-0.1, -0.05) is 0 Å². The van der Waals surface area contributed by atoms with Crippen LogP contribution < -0.4 is 4.74 Å². The number of alkyl halides is 3. The van der Waals surface area contributed by atoms with Crippen LogP contribution in [0.25, 0.3) is 0 Å². The quantitative estimate of drug-likeness (QED) is 0.613. The number of pyridine rings is 1. The van der Waals surface area contributed by atoms with Crippen LogP contribution in [0, 0.1) is 22.0 Å². The zero-order valence-corrected chi connectivity index (χ0v) is 10.3. The third-order valence-corrected chi connectivity index (χ3v) is 2.64. The fraction of sp³-hybridized carbons (Fsp3) is 0.333. The Morgan fingerprint density at radius 2 is 2.19 bits per heavy atom. The molecule has 0 bridgehead atoms. The second-order valence-corrected chi connectivity index (χ2v) is 3.95. The number of hydrogen-bond donors (Lipinski definition) is 0. The summed E-state index contributed by atoms with van der Waals surface area (Å²) in [6, 6.07) is 3.09. The van der Waals surface area contributed by atoms with Crippen molar-refractivity contribution in [2.45, 2.75) is 19.7 Å². The van der Waals surface area contributed by atoms with Crippen LogP contribution in [0.15, 0.2) is 6.07 Å². The molecule has 0 fully saturated rings. The first-order valence-electron chi connectivity index (χ1n) is 4.12. The summed E-state index contributed by atoms with van der Waals surface area (Å²) >= 11 is 1.78. The lowest BCUT2D eigenvalue weighted by molar-refractivity contribution is -0.276. The Hall–Kier alpha value is -1.04. The summed E-state index contributed by atoms with van der Waals surface area (Å²) < 4.78 is 39.9. The minimum Gasteiger partial charge on any atom is -0.388 e. The van der Waals surface area contributed by atoms with Crippen LogP contribution in [0.3, 0.4) is 0 Å². The van der Waals surface area contributed by atoms with Gasteiger partial charge in [0.2, 0.25) is 5.88 Å². The van der Waals surface area contributed by atoms with Gasteiger partial charge in [0, 0.05) is 11.6 Å². The molecule has 0 unspecified atom stereocenters. The van der Waals surface area contributed by atoms with Crippen molar-refractivity contribution in [3.8, 4) is 11.9 Å². The Labute approximate surface area is 103 Å². The molecule has 0 N–H and O–H groups in total. The molecule has 1 aromatic heterocycles. The molecular formula is C9H6F3IN2O. The van der Waals surface area contributed by atoms with Crippen LogP contribution in [0.4, 0.5) is 13.2 Å². The molecular weight excluding hydrogens is 336 g/mol. The summed E-state index contributed by atoms with van der Waals surface area (Å²) in [6.45, 7) is 1.61. The van der Waals surface area contributed by atoms with Crippen molar-refractivity contribution in [2.24, 2.45) is 0 Å². The Morgan fingerprint density at radius 3 is 2.62 bits per heavy atom. The molecule has 0 aromatic carbocycles. The van der Waals surface area contributed by atoms with E-state index in [1.165, 1.54) is 6.07 Å². The molecule has 0 aliphatic carbocycles. The second kappa shape index (κ2) is 4.86. The molecule has 0 aliphatic rings. The summed E-state index contributed by atoms with van der Waals surface area (Å²) in [5, 5.41) is 8.53. The van der Waals surface area contributed by atoms with Gasteiger partial charge in [-0.15, -0.1) is 13.2 Å². The van der Waals surface area contributed by atoms with Crippen LogP contribution in [-0.2, 0) is 6.42 Å². The zero-order chi connectivity index (χ0) is 12.3. The maximum atomic E-state index is 11.9. The summed E-state index contributed by atoms with van der Waals surface area (Å²) in [6.07, 6.45) is -4.64. The van der Waals surface area contributed by atoms with Gasteiger partial charge in [0.1, 0.15) is 3.70 Å². The molecule has 16 heavy (non-hydrogen) atoms. The predicted molar refractivity (Wildman–Crippen MR) is 57.7 cm³/mol. The smallest absolute Gasteiger partial charge is 0.388 e. The number of aromatic nitrogens is 1. The molecule has 1 aromatic rings. The van der Waals surface area contributed by atoms with E-state index in [1.807, 2.05) is 6.07 Å². The van der Waals surface area contributed by atoms with Crippen LogP contribution in [-0.4, -0.2) is 11.3 Å². The van der Waals surface area contributed by atoms with Gasteiger partial charge in [-0.3, -0.25) is 0 Å². The molecule has 0 saturated carbocycles. The molecule has 0 saturated heterocycles. The monoisotopic (exact) mass is 342 g/mol. The van der Waals surface area contributed by atoms with E-state index in [0.29, 0.717) is 14.8 Å². The lowest BCUT2D eigenvalue weighted by Gasteiger charge is -2.11. The highest BCUT2D eigenvalue weighted by molar-refractivity contribution is 14.1. The first kappa shape index (κ1) is 13.0. The molecule has 0 amide bonds. The highest BCUT2D eigenvalue weighted by atomic mass is 127. The predicted octanol–water partition coefficient (Wildman–Crippen LogP) is 2.96. The SMILES string of the molecule is Cc1cc(OC(F)(F)F)nc(I)c1CC#N. The Morgan fingerprint density at radius 1 is 1.56 bits per heavy atom. The van der Waals surface area contributed by atoms with E-state index < -0.39 is 12.2 Å². The Bertz CT molecular complexity index is 416. The number of ether oxygens (including phenoxy) is 1. The number of nitrogens with zero attached hydrogens (tertiary/aromatic N) is 2. The first-order chi connectivity index (χ1) is 7.33. The fourth-order valence-corrected chi connectivity index (χ4v) is 1.95. The maximum absolute atomic E-state index is 11.9. The Balaban J connectivity index is 3.06. The average molecular weight is 342 g/mol. The molecule has 3 nitrogen and oxygen atoms in total. The number of rotatable bonds is 2. The van der Waals surface area contributed by atoms with Crippen molar-refractivity contribution < 1.29 is 17.9 Å². The summed E-state index contributed by atoms with van der Waals surface area (Å²) in [4.78, 5) is 3.63. The van der Waals surface area contributed by atoms with E-state index >= 15 is 0 Å². The largest absolute Gasteiger partial charge is 0.574 e. The van der Waals surface area contributed by atoms with Crippen LogP contribution in [0.2, 0.25) is 0 Å². The van der Waals surface area contributed by atoms with Crippen molar-refractivity contribution in [1.29, 1.82) is 5.26 Å². The third-order valence-electron chi connectivity index (χ3n) is 1.75. The molecule has 7 heteroatoms. The molecule has 0 atom stereocenters. The zero-order valence-electron chi connectivity index (χ0n) is 8.10. The molecule has 1 heterocycles. The Kier molecular flexibility index (Phi) is 3.96. The lowest BCUT2D eigenvalue weighted by Crippen LogP contribution is -2.18. The van der Waals surface area contributed by atoms with Gasteiger partial charge in [-0.05, 0) is 35.1 Å². The number of halogens is 4. The van der Waals surface area contributed by atoms with Crippen LogP contribution in [0.1, 0.15) is 11.1 Å². The van der Waals surface area contributed by atoms with Gasteiger partial charge in [-0.25, -0.2) is 4.98 Å². The van der Waals surface area contributed by atoms with Gasteiger partial charge in [0.25, 0.3) is 0 Å². The highest BCUT2D eigenvalue weighted by Crippen LogP contribution is 2.25. The molecule has 0 aliphatic heterocycles. The van der Waals surface area contributed by atoms with Gasteiger partial charge in [0.15, 0.2) is 0 Å². The molecule has 86 valence electrons. The highest BCUT2D eigenvalue weighted by Gasteiger charge is 2.32. The van der Waals surface area contributed by atoms with Crippen molar-refractivity contribution in [1.82, 2.24) is 4.98 Å². The normalized spacial score (nSPS) is 11.0. The summed E-state index contributed by atoms with van der Waals surface area (Å²) in [5.74, 6) is -0.504. The molecule has 0 radical (unpaired) electrons. The van der Waals surface area contributed by atoms with E-state index in [-0.39, 0.29) is 6.42 Å². The minimum atomic E-state index is -4.75. The first-order valence-corrected chi connectivity index (χ1v) is 5.20. The van der Waals surface area contributed by atoms with E-state index in [0.717, 1.165) is 0 Å². The van der Waals surface area contributed by atoms with Gasteiger partial charge in [0.05, 0.1) is 12.5 Å². The maximum Gasteiger partial charge on any atom is 0.574 e. The van der Waals surface area contributed by atoms with Gasteiger partial charge in [-0.2, -0.15) is 5.26 Å². The van der Waals surface area contributed by atoms with Crippen LogP contribution in [0.5, 0.6) is 5.88 Å². The number of hydrogen-bond acceptors (Lipinski definition) is 3. The molecule has 1 rings (SSSR count).